The Morgan fingerprint density at radius 1 is 0.824 bits per heavy atom. The van der Waals surface area contributed by atoms with Crippen molar-refractivity contribution in [2.45, 2.75) is 171 Å². The molecule has 10 amide bonds. The van der Waals surface area contributed by atoms with Crippen LogP contribution in [0.4, 0.5) is 4.79 Å². The van der Waals surface area contributed by atoms with Crippen molar-refractivity contribution in [1.29, 1.82) is 0 Å². The number of hydrogen-bond donors (Lipinski definition) is 11. The summed E-state index contributed by atoms with van der Waals surface area (Å²) in [6, 6.07) is 0.695. The van der Waals surface area contributed by atoms with E-state index in [1.807, 2.05) is 49.9 Å². The molecule has 498 valence electrons. The van der Waals surface area contributed by atoms with Gasteiger partial charge in [0, 0.05) is 110 Å². The molecule has 8 rings (SSSR count). The van der Waals surface area contributed by atoms with Crippen LogP contribution in [0.5, 0.6) is 0 Å². The molecule has 5 aliphatic heterocycles. The van der Waals surface area contributed by atoms with Gasteiger partial charge in [0.2, 0.25) is 47.3 Å². The van der Waals surface area contributed by atoms with Gasteiger partial charge in [-0.15, -0.1) is 5.10 Å². The minimum Gasteiger partial charge on any atom is -0.391 e. The van der Waals surface area contributed by atoms with E-state index in [2.05, 4.69) is 62.8 Å². The normalized spacial score (nSPS) is 24.9. The number of aryl methyl sites for hydroxylation is 1. The van der Waals surface area contributed by atoms with Gasteiger partial charge in [-0.25, -0.2) is 4.79 Å². The van der Waals surface area contributed by atoms with E-state index in [-0.39, 0.29) is 95.5 Å². The van der Waals surface area contributed by atoms with Crippen molar-refractivity contribution in [3.63, 3.8) is 0 Å². The summed E-state index contributed by atoms with van der Waals surface area (Å²) in [5, 5.41) is 42.8. The van der Waals surface area contributed by atoms with Gasteiger partial charge >= 0.3 is 6.03 Å². The number of para-hydroxylation sites is 1. The highest BCUT2D eigenvalue weighted by Gasteiger charge is 2.43. The first-order valence-electron chi connectivity index (χ1n) is 31.6. The molecule has 10 atom stereocenters. The number of ether oxygens (including phenoxy) is 3. The number of hydrogen-bond acceptors (Lipinski definition) is 18. The van der Waals surface area contributed by atoms with E-state index in [4.69, 9.17) is 19.9 Å². The lowest BCUT2D eigenvalue weighted by Gasteiger charge is -2.30. The Labute approximate surface area is 532 Å². The number of thioether (sulfide) groups is 1. The minimum absolute atomic E-state index is 0.0226. The first-order chi connectivity index (χ1) is 44.0. The topological polar surface area (TPSA) is 403 Å². The summed E-state index contributed by atoms with van der Waals surface area (Å²) in [6.45, 7) is 6.01. The number of aromatic nitrogens is 4. The third-order valence-corrected chi connectivity index (χ3v) is 17.7. The Hall–Kier alpha value is -7.80. The van der Waals surface area contributed by atoms with E-state index >= 15 is 0 Å². The lowest BCUT2D eigenvalue weighted by Crippen LogP contribution is -2.61. The van der Waals surface area contributed by atoms with Crippen molar-refractivity contribution in [1.82, 2.24) is 67.4 Å². The van der Waals surface area contributed by atoms with E-state index in [0.717, 1.165) is 35.9 Å². The average molecular weight is 1290 g/mol. The summed E-state index contributed by atoms with van der Waals surface area (Å²) in [5.41, 5.74) is 7.89. The number of urea groups is 1. The van der Waals surface area contributed by atoms with Crippen LogP contribution in [0.3, 0.4) is 0 Å². The van der Waals surface area contributed by atoms with Crippen LogP contribution >= 0.6 is 11.8 Å². The van der Waals surface area contributed by atoms with Crippen molar-refractivity contribution in [3.05, 3.63) is 59.7 Å². The number of amides is 10. The Kier molecular flexibility index (Phi) is 28.2. The molecular formula is C61H89N15O14S. The number of nitrogens with zero attached hydrogens (tertiary/aromatic N) is 5. The van der Waals surface area contributed by atoms with Crippen molar-refractivity contribution in [2.24, 2.45) is 16.6 Å². The summed E-state index contributed by atoms with van der Waals surface area (Å²) in [6.07, 6.45) is 9.68. The number of unbranched alkanes of at least 4 members (excludes halogenated alkanes) is 1. The van der Waals surface area contributed by atoms with Crippen molar-refractivity contribution < 1.29 is 67.3 Å². The van der Waals surface area contributed by atoms with Gasteiger partial charge < -0.3 is 77.5 Å². The van der Waals surface area contributed by atoms with E-state index in [0.29, 0.717) is 74.0 Å². The maximum absolute atomic E-state index is 14.8. The van der Waals surface area contributed by atoms with Crippen LogP contribution in [0.1, 0.15) is 109 Å². The number of Topliss-reactive ketones (excluding diaryl/α,β-unsaturated/α-hetero) is 1. The van der Waals surface area contributed by atoms with Crippen LogP contribution in [-0.4, -0.2) is 214 Å². The number of nitrogens with one attached hydrogen (secondary N) is 9. The Morgan fingerprint density at radius 3 is 2.35 bits per heavy atom. The SMILES string of the molecule is CC.CC(O)[C@@H]1NC(=O)[C@H](Cc2c[nH]c3ccccc23)NC(=O)[C@@H]2CCCN2C(=O)[C@@H](NC(=O)COCCOCCOCCNC(=O)CCCC[C@H]2SC[C@H]3NC(=O)N[C@H]32)Cc2cn(nn2)CCCC[C@@H](C(N)=O)CC(=O)CNC(=O)[C@H](CC2=CCC=N2)NC1=O. The molecule has 0 aliphatic carbocycles. The number of aliphatic hydroxyl groups excluding tert-OH is 1. The van der Waals surface area contributed by atoms with Gasteiger partial charge in [-0.1, -0.05) is 56.2 Å². The molecule has 3 aromatic rings. The molecule has 0 saturated carbocycles. The molecule has 0 radical (unpaired) electrons. The maximum atomic E-state index is 14.8. The molecule has 30 heteroatoms. The van der Waals surface area contributed by atoms with Crippen LogP contribution in [0.15, 0.2) is 53.4 Å². The molecule has 0 spiro atoms. The number of primary amides is 1. The van der Waals surface area contributed by atoms with Gasteiger partial charge in [0.25, 0.3) is 0 Å². The fraction of sp³-hybridized carbons (Fsp3) is 0.623. The Bertz CT molecular complexity index is 3050. The Balaban J connectivity index is 0.00000582. The summed E-state index contributed by atoms with van der Waals surface area (Å²) in [4.78, 5) is 144. The van der Waals surface area contributed by atoms with Crippen molar-refractivity contribution in [2.75, 3.05) is 65.0 Å². The van der Waals surface area contributed by atoms with E-state index in [9.17, 15) is 53.1 Å². The number of ketones is 1. The van der Waals surface area contributed by atoms with Crippen molar-refractivity contribution in [3.8, 4) is 0 Å². The fourth-order valence-corrected chi connectivity index (χ4v) is 13.0. The zero-order valence-electron chi connectivity index (χ0n) is 52.0. The first kappa shape index (κ1) is 70.7. The van der Waals surface area contributed by atoms with Crippen LogP contribution in [0.2, 0.25) is 0 Å². The van der Waals surface area contributed by atoms with E-state index < -0.39 is 103 Å². The average Bonchev–Trinajstić information content (AvgIpc) is 2.30. The molecule has 1 aromatic carbocycles. The zero-order chi connectivity index (χ0) is 65.2. The third kappa shape index (κ3) is 21.7. The monoisotopic (exact) mass is 1290 g/mol. The summed E-state index contributed by atoms with van der Waals surface area (Å²) >= 11 is 1.85. The minimum atomic E-state index is -1.68. The van der Waals surface area contributed by atoms with Gasteiger partial charge in [0.15, 0.2) is 5.78 Å². The molecule has 5 aliphatic rings. The highest BCUT2D eigenvalue weighted by atomic mass is 32.2. The Morgan fingerprint density at radius 2 is 1.58 bits per heavy atom. The second kappa shape index (κ2) is 36.3. The molecule has 29 nitrogen and oxygen atoms in total. The number of carbonyl (C=O) groups excluding carboxylic acids is 10. The van der Waals surface area contributed by atoms with Gasteiger partial charge in [0.05, 0.1) is 63.5 Å². The molecular weight excluding hydrogens is 1200 g/mol. The second-order valence-corrected chi connectivity index (χ2v) is 24.2. The number of aliphatic hydroxyl groups is 1. The quantitative estimate of drug-likeness (QED) is 0.0436. The highest BCUT2D eigenvalue weighted by molar-refractivity contribution is 8.00. The van der Waals surface area contributed by atoms with Crippen LogP contribution < -0.4 is 48.3 Å². The lowest BCUT2D eigenvalue weighted by molar-refractivity contribution is -0.142. The molecule has 2 bridgehead atoms. The maximum Gasteiger partial charge on any atom is 0.315 e. The predicted octanol–water partition coefficient (Wildman–Crippen LogP) is -0.117. The third-order valence-electron chi connectivity index (χ3n) is 16.2. The van der Waals surface area contributed by atoms with Gasteiger partial charge in [0.1, 0.15) is 36.8 Å². The van der Waals surface area contributed by atoms with Gasteiger partial charge in [-0.3, -0.25) is 52.8 Å². The number of aromatic amines is 1. The molecule has 91 heavy (non-hydrogen) atoms. The summed E-state index contributed by atoms with van der Waals surface area (Å²) in [7, 11) is 0. The predicted molar refractivity (Wildman–Crippen MR) is 336 cm³/mol. The van der Waals surface area contributed by atoms with E-state index in [1.54, 1.807) is 29.4 Å². The number of aliphatic imine (C=N–C) groups is 1. The molecule has 12 N–H and O–H groups in total. The fourth-order valence-electron chi connectivity index (χ4n) is 11.5. The van der Waals surface area contributed by atoms with Gasteiger partial charge in [-0.05, 0) is 57.1 Å². The number of allylic oxidation sites excluding steroid dienone is 1. The number of benzene rings is 1. The molecule has 1 unspecified atom stereocenters. The molecule has 2 aromatic heterocycles. The number of nitrogens with two attached hydrogens (primary N) is 1. The largest absolute Gasteiger partial charge is 0.391 e. The summed E-state index contributed by atoms with van der Waals surface area (Å²) < 4.78 is 18.4. The number of rotatable bonds is 23. The van der Waals surface area contributed by atoms with Gasteiger partial charge in [-0.2, -0.15) is 11.8 Å². The van der Waals surface area contributed by atoms with Crippen molar-refractivity contribution >= 4 is 88.0 Å². The first-order valence-corrected chi connectivity index (χ1v) is 32.7. The zero-order valence-corrected chi connectivity index (χ0v) is 52.9. The highest BCUT2D eigenvalue weighted by Crippen LogP contribution is 2.33. The molecule has 7 heterocycles. The number of H-pyrrole nitrogens is 1. The number of fused-ring (bicyclic) bond motifs is 5. The van der Waals surface area contributed by atoms with Crippen LogP contribution in [0, 0.1) is 5.92 Å². The smallest absolute Gasteiger partial charge is 0.315 e. The van der Waals surface area contributed by atoms with Crippen LogP contribution in [-0.2, 0) is 76.7 Å². The van der Waals surface area contributed by atoms with Crippen LogP contribution in [0.25, 0.3) is 10.9 Å². The molecule has 3 fully saturated rings. The molecule has 3 saturated heterocycles. The lowest BCUT2D eigenvalue weighted by atomic mass is 9.95. The number of carbonyl (C=O) groups is 10. The summed E-state index contributed by atoms with van der Waals surface area (Å²) in [5.74, 6) is -5.79. The standard InChI is InChI=1S/C59H83N15O14S.C2H6/c1-35(75)51-57(83)67-44(28-38-11-8-17-61-38)54(80)64-31-40(76)26-36(53(60)79)10-6-7-19-73-32-39(71-72-73)29-45(58(84)74-20-9-14-47(74)56(82)66-43(55(81)69-51)27-37-30-63-42-13-3-2-12-41(37)42)65-50(78)33-88-25-24-87-23-22-86-21-18-62-49(77)16-5-4-15-48-52-46(34-89-48)68-59(85)70-52;1-2/h2-3,11-13,17,30,32,35-36,43-48,51-52,63,75H,4-10,14-16,18-29,31,33-34H2,1H3,(H2,60,79)(H,62,77)(H,64,80)(H,65,78)(H,66,82)(H,67,83)(H,69,81)(H2,68,70,85);1-2H3/t35?,36-,43+,44+,45+,46-,47+,48-,51+,52-;/m1./s1. The van der Waals surface area contributed by atoms with E-state index in [1.165, 1.54) is 11.8 Å². The second-order valence-electron chi connectivity index (χ2n) is 22.9.